The van der Waals surface area contributed by atoms with E-state index in [1.807, 2.05) is 20.8 Å². The number of hydrogen-bond donors (Lipinski definition) is 0. The Bertz CT molecular complexity index is 248. The van der Waals surface area contributed by atoms with Crippen LogP contribution in [0.3, 0.4) is 0 Å². The molecule has 0 spiro atoms. The molecule has 0 bridgehead atoms. The van der Waals surface area contributed by atoms with E-state index in [1.54, 1.807) is 0 Å². The number of alkyl halides is 1. The smallest absolute Gasteiger partial charge is 0.131 e. The third-order valence-corrected chi connectivity index (χ3v) is 2.86. The van der Waals surface area contributed by atoms with Crippen LogP contribution in [-0.4, -0.2) is 10.4 Å². The van der Waals surface area contributed by atoms with E-state index in [2.05, 4.69) is 44.0 Å². The summed E-state index contributed by atoms with van der Waals surface area (Å²) < 4.78 is 6.83. The number of rotatable bonds is 1. The van der Waals surface area contributed by atoms with E-state index in [9.17, 15) is 0 Å². The lowest BCUT2D eigenvalue weighted by molar-refractivity contribution is 0.0583. The van der Waals surface area contributed by atoms with Gasteiger partial charge in [-0.25, -0.2) is 0 Å². The Morgan fingerprint density at radius 1 is 1.46 bits per heavy atom. The van der Waals surface area contributed by atoms with E-state index in [-0.39, 0.29) is 5.60 Å². The highest BCUT2D eigenvalue weighted by Crippen LogP contribution is 2.30. The zero-order valence-corrected chi connectivity index (χ0v) is 11.3. The summed E-state index contributed by atoms with van der Waals surface area (Å²) in [7, 11) is 0. The Labute approximate surface area is 96.5 Å². The highest BCUT2D eigenvalue weighted by Gasteiger charge is 2.19. The summed E-state index contributed by atoms with van der Waals surface area (Å²) >= 11 is 7.02. The molecule has 0 aromatic heterocycles. The number of hydrogen-bond acceptors (Lipinski definition) is 1. The van der Waals surface area contributed by atoms with Crippen LogP contribution in [0, 0.1) is 0 Å². The molecule has 0 aromatic rings. The largest absolute Gasteiger partial charge is 0.487 e. The van der Waals surface area contributed by atoms with Crippen LogP contribution in [-0.2, 0) is 4.74 Å². The molecule has 0 aromatic carbocycles. The fourth-order valence-corrected chi connectivity index (χ4v) is 1.87. The molecule has 1 aliphatic carbocycles. The standard InChI is InChI=1S/C10H14Br2O/c1-10(2,3)13-9-6-7(11)4-5-8(9)12/h5-7H,4H2,1-3H3. The maximum atomic E-state index is 5.78. The van der Waals surface area contributed by atoms with Gasteiger partial charge in [0, 0.05) is 4.83 Å². The first kappa shape index (κ1) is 11.3. The summed E-state index contributed by atoms with van der Waals surface area (Å²) in [5, 5.41) is 0. The lowest BCUT2D eigenvalue weighted by atomic mass is 10.1. The van der Waals surface area contributed by atoms with Crippen LogP contribution in [0.1, 0.15) is 27.2 Å². The highest BCUT2D eigenvalue weighted by molar-refractivity contribution is 9.12. The van der Waals surface area contributed by atoms with Crippen LogP contribution in [0.15, 0.2) is 22.4 Å². The fraction of sp³-hybridized carbons (Fsp3) is 0.600. The molecule has 0 amide bonds. The van der Waals surface area contributed by atoms with Crippen molar-refractivity contribution >= 4 is 31.9 Å². The molecule has 3 heteroatoms. The molecule has 1 aliphatic rings. The quantitative estimate of drug-likeness (QED) is 0.662. The topological polar surface area (TPSA) is 9.23 Å². The third-order valence-electron chi connectivity index (χ3n) is 1.51. The first-order valence-electron chi connectivity index (χ1n) is 4.29. The van der Waals surface area contributed by atoms with Crippen molar-refractivity contribution in [3.05, 3.63) is 22.4 Å². The summed E-state index contributed by atoms with van der Waals surface area (Å²) in [6, 6.07) is 0. The SMILES string of the molecule is CC(C)(C)OC1=CC(Br)CC=C1Br. The Morgan fingerprint density at radius 2 is 2.08 bits per heavy atom. The minimum Gasteiger partial charge on any atom is -0.487 e. The summed E-state index contributed by atoms with van der Waals surface area (Å²) in [4.78, 5) is 0.395. The summed E-state index contributed by atoms with van der Waals surface area (Å²) in [5.41, 5.74) is -0.136. The van der Waals surface area contributed by atoms with Crippen molar-refractivity contribution in [1.82, 2.24) is 0 Å². The third kappa shape index (κ3) is 3.86. The van der Waals surface area contributed by atoms with Crippen LogP contribution in [0.25, 0.3) is 0 Å². The van der Waals surface area contributed by atoms with Crippen molar-refractivity contribution in [1.29, 1.82) is 0 Å². The maximum Gasteiger partial charge on any atom is 0.131 e. The van der Waals surface area contributed by atoms with Crippen LogP contribution in [0.2, 0.25) is 0 Å². The zero-order valence-electron chi connectivity index (χ0n) is 8.10. The molecule has 1 rings (SSSR count). The number of allylic oxidation sites excluding steroid dienone is 3. The molecule has 0 heterocycles. The summed E-state index contributed by atoms with van der Waals surface area (Å²) in [5.74, 6) is 0.931. The molecular formula is C10H14Br2O. The normalized spacial score (nSPS) is 23.6. The molecule has 13 heavy (non-hydrogen) atoms. The van der Waals surface area contributed by atoms with Gasteiger partial charge in [-0.3, -0.25) is 0 Å². The first-order chi connectivity index (χ1) is 5.88. The molecule has 0 radical (unpaired) electrons. The predicted octanol–water partition coefficient (Wildman–Crippen LogP) is 4.13. The lowest BCUT2D eigenvalue weighted by Crippen LogP contribution is -2.20. The molecule has 0 aliphatic heterocycles. The molecular weight excluding hydrogens is 296 g/mol. The molecule has 1 unspecified atom stereocenters. The second-order valence-corrected chi connectivity index (χ2v) is 6.08. The van der Waals surface area contributed by atoms with Gasteiger partial charge in [0.25, 0.3) is 0 Å². The van der Waals surface area contributed by atoms with E-state index in [4.69, 9.17) is 4.74 Å². The molecule has 74 valence electrons. The summed E-state index contributed by atoms with van der Waals surface area (Å²) in [6.45, 7) is 6.14. The second kappa shape index (κ2) is 4.18. The van der Waals surface area contributed by atoms with Crippen molar-refractivity contribution < 1.29 is 4.74 Å². The zero-order chi connectivity index (χ0) is 10.1. The molecule has 1 atom stereocenters. The molecule has 0 saturated carbocycles. The molecule has 0 saturated heterocycles. The summed E-state index contributed by atoms with van der Waals surface area (Å²) in [6.07, 6.45) is 5.23. The van der Waals surface area contributed by atoms with Gasteiger partial charge in [-0.1, -0.05) is 22.0 Å². The highest BCUT2D eigenvalue weighted by atomic mass is 79.9. The predicted molar refractivity (Wildman–Crippen MR) is 63.3 cm³/mol. The van der Waals surface area contributed by atoms with Gasteiger partial charge >= 0.3 is 0 Å². The van der Waals surface area contributed by atoms with Crippen LogP contribution < -0.4 is 0 Å². The van der Waals surface area contributed by atoms with Crippen LogP contribution >= 0.6 is 31.9 Å². The number of ether oxygens (including phenoxy) is 1. The van der Waals surface area contributed by atoms with E-state index in [0.717, 1.165) is 16.7 Å². The van der Waals surface area contributed by atoms with Gasteiger partial charge in [0.2, 0.25) is 0 Å². The Hall–Kier alpha value is 0.240. The van der Waals surface area contributed by atoms with E-state index in [1.165, 1.54) is 0 Å². The van der Waals surface area contributed by atoms with Crippen LogP contribution in [0.4, 0.5) is 0 Å². The van der Waals surface area contributed by atoms with Gasteiger partial charge < -0.3 is 4.74 Å². The van der Waals surface area contributed by atoms with Gasteiger partial charge in [-0.2, -0.15) is 0 Å². The van der Waals surface area contributed by atoms with Gasteiger partial charge in [-0.15, -0.1) is 0 Å². The van der Waals surface area contributed by atoms with Gasteiger partial charge in [-0.05, 0) is 49.2 Å². The van der Waals surface area contributed by atoms with Gasteiger partial charge in [0.15, 0.2) is 0 Å². The van der Waals surface area contributed by atoms with Gasteiger partial charge in [0.05, 0.1) is 4.48 Å². The van der Waals surface area contributed by atoms with Crippen molar-refractivity contribution in [2.24, 2.45) is 0 Å². The Balaban J connectivity index is 2.73. The molecule has 0 fully saturated rings. The maximum absolute atomic E-state index is 5.78. The average molecular weight is 310 g/mol. The molecule has 0 N–H and O–H groups in total. The van der Waals surface area contributed by atoms with Crippen molar-refractivity contribution in [2.45, 2.75) is 37.6 Å². The lowest BCUT2D eigenvalue weighted by Gasteiger charge is -2.25. The van der Waals surface area contributed by atoms with E-state index < -0.39 is 0 Å². The Morgan fingerprint density at radius 3 is 2.62 bits per heavy atom. The van der Waals surface area contributed by atoms with E-state index in [0.29, 0.717) is 4.83 Å². The minimum atomic E-state index is -0.136. The van der Waals surface area contributed by atoms with Gasteiger partial charge in [0.1, 0.15) is 11.4 Å². The second-order valence-electron chi connectivity index (χ2n) is 4.05. The van der Waals surface area contributed by atoms with Crippen molar-refractivity contribution in [2.75, 3.05) is 0 Å². The van der Waals surface area contributed by atoms with Crippen molar-refractivity contribution in [3.8, 4) is 0 Å². The van der Waals surface area contributed by atoms with Crippen molar-refractivity contribution in [3.63, 3.8) is 0 Å². The first-order valence-corrected chi connectivity index (χ1v) is 6.00. The minimum absolute atomic E-state index is 0.136. The van der Waals surface area contributed by atoms with E-state index >= 15 is 0 Å². The fourth-order valence-electron chi connectivity index (χ4n) is 1.04. The monoisotopic (exact) mass is 308 g/mol. The molecule has 1 nitrogen and oxygen atoms in total. The average Bonchev–Trinajstić information content (AvgIpc) is 1.94. The number of halogens is 2. The Kier molecular flexibility index (Phi) is 3.64. The van der Waals surface area contributed by atoms with Crippen LogP contribution in [0.5, 0.6) is 0 Å².